The summed E-state index contributed by atoms with van der Waals surface area (Å²) in [5.74, 6) is -0.618. The van der Waals surface area contributed by atoms with Crippen LogP contribution in [0, 0.1) is 18.6 Å². The van der Waals surface area contributed by atoms with Crippen LogP contribution < -0.4 is 5.32 Å². The van der Waals surface area contributed by atoms with Crippen LogP contribution in [0.3, 0.4) is 0 Å². The Balaban J connectivity index is 1.97. The molecular formula is C17H19F2NO. The van der Waals surface area contributed by atoms with Gasteiger partial charge in [0.1, 0.15) is 11.6 Å². The van der Waals surface area contributed by atoms with E-state index in [4.69, 9.17) is 0 Å². The zero-order valence-electron chi connectivity index (χ0n) is 12.1. The lowest BCUT2D eigenvalue weighted by Crippen LogP contribution is -2.24. The normalized spacial score (nSPS) is 14.0. The molecule has 21 heavy (non-hydrogen) atoms. The first-order valence-electron chi connectivity index (χ1n) is 6.90. The number of nitrogens with one attached hydrogen (secondary N) is 1. The van der Waals surface area contributed by atoms with E-state index in [1.165, 1.54) is 18.2 Å². The molecule has 2 aromatic carbocycles. The minimum atomic E-state index is -0.807. The first-order chi connectivity index (χ1) is 9.97. The summed E-state index contributed by atoms with van der Waals surface area (Å²) in [7, 11) is 0. The van der Waals surface area contributed by atoms with Crippen LogP contribution in [0.5, 0.6) is 0 Å². The molecule has 0 fully saturated rings. The lowest BCUT2D eigenvalue weighted by atomic mass is 10.0. The number of rotatable bonds is 5. The third-order valence-corrected chi connectivity index (χ3v) is 3.55. The molecule has 0 saturated carbocycles. The SMILES string of the molecule is Cc1ccc(C(C)NCC(O)c2cccc(F)c2)cc1F. The third-order valence-electron chi connectivity index (χ3n) is 3.55. The maximum atomic E-state index is 13.5. The van der Waals surface area contributed by atoms with Crippen LogP contribution in [-0.4, -0.2) is 11.7 Å². The number of halogens is 2. The van der Waals surface area contributed by atoms with Crippen LogP contribution in [0.4, 0.5) is 8.78 Å². The summed E-state index contributed by atoms with van der Waals surface area (Å²) in [5, 5.41) is 13.2. The molecular weight excluding hydrogens is 272 g/mol. The van der Waals surface area contributed by atoms with Crippen molar-refractivity contribution < 1.29 is 13.9 Å². The molecule has 2 nitrogen and oxygen atoms in total. The van der Waals surface area contributed by atoms with Crippen molar-refractivity contribution in [3.05, 3.63) is 70.8 Å². The molecule has 0 aliphatic heterocycles. The van der Waals surface area contributed by atoms with Gasteiger partial charge in [0, 0.05) is 12.6 Å². The van der Waals surface area contributed by atoms with Crippen molar-refractivity contribution in [2.24, 2.45) is 0 Å². The Labute approximate surface area is 123 Å². The van der Waals surface area contributed by atoms with E-state index in [0.717, 1.165) is 5.56 Å². The summed E-state index contributed by atoms with van der Waals surface area (Å²) < 4.78 is 26.6. The number of aliphatic hydroxyl groups is 1. The second-order valence-electron chi connectivity index (χ2n) is 5.21. The summed E-state index contributed by atoms with van der Waals surface area (Å²) in [6.07, 6.45) is -0.807. The molecule has 2 unspecified atom stereocenters. The molecule has 2 rings (SSSR count). The summed E-state index contributed by atoms with van der Waals surface area (Å²) in [6, 6.07) is 10.8. The fraction of sp³-hybridized carbons (Fsp3) is 0.294. The zero-order valence-corrected chi connectivity index (χ0v) is 12.1. The Morgan fingerprint density at radius 2 is 1.86 bits per heavy atom. The van der Waals surface area contributed by atoms with Gasteiger partial charge >= 0.3 is 0 Å². The molecule has 0 amide bonds. The van der Waals surface area contributed by atoms with Crippen LogP contribution in [0.1, 0.15) is 35.8 Å². The second kappa shape index (κ2) is 6.78. The van der Waals surface area contributed by atoms with Crippen molar-refractivity contribution in [2.75, 3.05) is 6.54 Å². The number of hydrogen-bond donors (Lipinski definition) is 2. The van der Waals surface area contributed by atoms with Crippen molar-refractivity contribution in [2.45, 2.75) is 26.0 Å². The second-order valence-corrected chi connectivity index (χ2v) is 5.21. The van der Waals surface area contributed by atoms with Gasteiger partial charge in [-0.05, 0) is 48.7 Å². The molecule has 0 radical (unpaired) electrons. The van der Waals surface area contributed by atoms with E-state index in [1.54, 1.807) is 25.1 Å². The van der Waals surface area contributed by atoms with Gasteiger partial charge in [-0.15, -0.1) is 0 Å². The van der Waals surface area contributed by atoms with Gasteiger partial charge in [0.2, 0.25) is 0 Å². The topological polar surface area (TPSA) is 32.3 Å². The number of aryl methyl sites for hydroxylation is 1. The van der Waals surface area contributed by atoms with Gasteiger partial charge in [0.25, 0.3) is 0 Å². The minimum absolute atomic E-state index is 0.108. The van der Waals surface area contributed by atoms with Gasteiger partial charge in [-0.3, -0.25) is 0 Å². The van der Waals surface area contributed by atoms with Crippen LogP contribution >= 0.6 is 0 Å². The molecule has 0 heterocycles. The first-order valence-corrected chi connectivity index (χ1v) is 6.90. The summed E-state index contributed by atoms with van der Waals surface area (Å²) in [5.41, 5.74) is 1.93. The molecule has 112 valence electrons. The molecule has 0 aliphatic rings. The lowest BCUT2D eigenvalue weighted by Gasteiger charge is -2.18. The predicted molar refractivity (Wildman–Crippen MR) is 78.9 cm³/mol. The van der Waals surface area contributed by atoms with Crippen molar-refractivity contribution in [1.82, 2.24) is 5.32 Å². The average Bonchev–Trinajstić information content (AvgIpc) is 2.47. The molecule has 0 spiro atoms. The fourth-order valence-electron chi connectivity index (χ4n) is 2.12. The summed E-state index contributed by atoms with van der Waals surface area (Å²) in [4.78, 5) is 0. The van der Waals surface area contributed by atoms with E-state index in [-0.39, 0.29) is 24.2 Å². The smallest absolute Gasteiger partial charge is 0.126 e. The molecule has 2 N–H and O–H groups in total. The van der Waals surface area contributed by atoms with E-state index in [0.29, 0.717) is 11.1 Å². The van der Waals surface area contributed by atoms with Gasteiger partial charge < -0.3 is 10.4 Å². The van der Waals surface area contributed by atoms with Crippen LogP contribution in [0.2, 0.25) is 0 Å². The molecule has 0 bridgehead atoms. The maximum absolute atomic E-state index is 13.5. The highest BCUT2D eigenvalue weighted by atomic mass is 19.1. The lowest BCUT2D eigenvalue weighted by molar-refractivity contribution is 0.170. The van der Waals surface area contributed by atoms with Gasteiger partial charge in [0.05, 0.1) is 6.10 Å². The zero-order chi connectivity index (χ0) is 15.4. The highest BCUT2D eigenvalue weighted by molar-refractivity contribution is 5.25. The van der Waals surface area contributed by atoms with E-state index >= 15 is 0 Å². The van der Waals surface area contributed by atoms with Gasteiger partial charge in [-0.2, -0.15) is 0 Å². The standard InChI is InChI=1S/C17H19F2NO/c1-11-6-7-13(9-16(11)19)12(2)20-10-17(21)14-4-3-5-15(18)8-14/h3-9,12,17,20-21H,10H2,1-2H3. The Hall–Kier alpha value is -1.78. The number of hydrogen-bond acceptors (Lipinski definition) is 2. The van der Waals surface area contributed by atoms with E-state index in [2.05, 4.69) is 5.32 Å². The summed E-state index contributed by atoms with van der Waals surface area (Å²) in [6.45, 7) is 3.87. The Morgan fingerprint density at radius 3 is 2.52 bits per heavy atom. The molecule has 0 aliphatic carbocycles. The number of benzene rings is 2. The highest BCUT2D eigenvalue weighted by Gasteiger charge is 2.12. The Bertz CT molecular complexity index is 615. The van der Waals surface area contributed by atoms with Gasteiger partial charge in [-0.25, -0.2) is 8.78 Å². The van der Waals surface area contributed by atoms with Crippen LogP contribution in [-0.2, 0) is 0 Å². The number of aliphatic hydroxyl groups excluding tert-OH is 1. The molecule has 0 saturated heterocycles. The van der Waals surface area contributed by atoms with Crippen LogP contribution in [0.15, 0.2) is 42.5 Å². The fourth-order valence-corrected chi connectivity index (χ4v) is 2.12. The first kappa shape index (κ1) is 15.6. The largest absolute Gasteiger partial charge is 0.387 e. The van der Waals surface area contributed by atoms with E-state index in [1.807, 2.05) is 13.0 Å². The minimum Gasteiger partial charge on any atom is -0.387 e. The predicted octanol–water partition coefficient (Wildman–Crippen LogP) is 3.66. The van der Waals surface area contributed by atoms with Crippen molar-refractivity contribution >= 4 is 0 Å². The third kappa shape index (κ3) is 4.09. The Kier molecular flexibility index (Phi) is 5.04. The summed E-state index contributed by atoms with van der Waals surface area (Å²) >= 11 is 0. The van der Waals surface area contributed by atoms with Crippen molar-refractivity contribution in [3.8, 4) is 0 Å². The molecule has 4 heteroatoms. The Morgan fingerprint density at radius 1 is 1.10 bits per heavy atom. The van der Waals surface area contributed by atoms with E-state index < -0.39 is 6.10 Å². The van der Waals surface area contributed by atoms with Gasteiger partial charge in [0.15, 0.2) is 0 Å². The maximum Gasteiger partial charge on any atom is 0.126 e. The molecule has 0 aromatic heterocycles. The molecule has 2 aromatic rings. The highest BCUT2D eigenvalue weighted by Crippen LogP contribution is 2.18. The monoisotopic (exact) mass is 291 g/mol. The van der Waals surface area contributed by atoms with Crippen LogP contribution in [0.25, 0.3) is 0 Å². The quantitative estimate of drug-likeness (QED) is 0.881. The average molecular weight is 291 g/mol. The van der Waals surface area contributed by atoms with E-state index in [9.17, 15) is 13.9 Å². The molecule has 2 atom stereocenters. The van der Waals surface area contributed by atoms with Crippen molar-refractivity contribution in [1.29, 1.82) is 0 Å². The van der Waals surface area contributed by atoms with Crippen molar-refractivity contribution in [3.63, 3.8) is 0 Å². The van der Waals surface area contributed by atoms with Gasteiger partial charge in [-0.1, -0.05) is 24.3 Å².